The van der Waals surface area contributed by atoms with Gasteiger partial charge in [-0.3, -0.25) is 48.3 Å². The molecule has 0 bridgehead atoms. The van der Waals surface area contributed by atoms with Crippen molar-refractivity contribution in [1.29, 1.82) is 0 Å². The van der Waals surface area contributed by atoms with E-state index in [-0.39, 0.29) is 52.4 Å². The maximum Gasteiger partial charge on any atom is 0.324 e. The standard InChI is InChI=1S/C35H62N4O13/c1-32(2,3)49-28(44)21-37(20-27(43)48-13)14-16-39(24(31(47)52-35(10,11)12)18-25(40)36-19-26(41)42)17-15-38(22-29(45)50-33(4,5)6)23-30(46)51-34(7,8)9/h24H,14-23H2,1-13H3,(H,36,40)(H,41,42)/t24-/m0/s1. The average molecular weight is 747 g/mol. The molecule has 1 amide bonds. The number of carbonyl (C=O) groups excluding carboxylic acids is 6. The maximum absolute atomic E-state index is 13.7. The lowest BCUT2D eigenvalue weighted by Gasteiger charge is -2.35. The Bertz CT molecular complexity index is 1200. The Morgan fingerprint density at radius 1 is 0.558 bits per heavy atom. The molecule has 17 heteroatoms. The van der Waals surface area contributed by atoms with Crippen LogP contribution in [0, 0.1) is 0 Å². The van der Waals surface area contributed by atoms with E-state index in [1.54, 1.807) is 88.0 Å². The molecule has 1 atom stereocenters. The van der Waals surface area contributed by atoms with Crippen molar-refractivity contribution in [1.82, 2.24) is 20.0 Å². The molecule has 0 unspecified atom stereocenters. The molecule has 300 valence electrons. The second-order valence-corrected chi connectivity index (χ2v) is 16.2. The Kier molecular flexibility index (Phi) is 19.5. The molecule has 0 saturated carbocycles. The van der Waals surface area contributed by atoms with E-state index in [9.17, 15) is 33.6 Å². The number of rotatable bonds is 20. The Morgan fingerprint density at radius 3 is 1.21 bits per heavy atom. The predicted octanol–water partition coefficient (Wildman–Crippen LogP) is 1.39. The fraction of sp³-hybridized carbons (Fsp3) is 0.800. The van der Waals surface area contributed by atoms with Crippen molar-refractivity contribution >= 4 is 41.7 Å². The highest BCUT2D eigenvalue weighted by atomic mass is 16.6. The normalized spacial score (nSPS) is 13.0. The molecule has 0 spiro atoms. The number of carbonyl (C=O) groups is 7. The van der Waals surface area contributed by atoms with Gasteiger partial charge >= 0.3 is 35.8 Å². The smallest absolute Gasteiger partial charge is 0.324 e. The minimum Gasteiger partial charge on any atom is -0.480 e. The third-order valence-corrected chi connectivity index (χ3v) is 6.24. The summed E-state index contributed by atoms with van der Waals surface area (Å²) in [5.74, 6) is -5.38. The highest BCUT2D eigenvalue weighted by molar-refractivity contribution is 5.87. The number of hydrogen-bond acceptors (Lipinski definition) is 15. The molecule has 0 aromatic carbocycles. The lowest BCUT2D eigenvalue weighted by molar-refractivity contribution is -0.165. The van der Waals surface area contributed by atoms with Crippen LogP contribution >= 0.6 is 0 Å². The van der Waals surface area contributed by atoms with Crippen molar-refractivity contribution < 1.29 is 62.4 Å². The second-order valence-electron chi connectivity index (χ2n) is 16.2. The summed E-state index contributed by atoms with van der Waals surface area (Å²) in [5, 5.41) is 11.4. The first-order valence-electron chi connectivity index (χ1n) is 17.1. The highest BCUT2D eigenvalue weighted by Crippen LogP contribution is 2.16. The van der Waals surface area contributed by atoms with E-state index in [2.05, 4.69) is 5.32 Å². The van der Waals surface area contributed by atoms with Crippen molar-refractivity contribution in [2.24, 2.45) is 0 Å². The minimum absolute atomic E-state index is 0.0253. The molecular formula is C35H62N4O13. The summed E-state index contributed by atoms with van der Waals surface area (Å²) < 4.78 is 26.9. The number of aliphatic carboxylic acids is 1. The van der Waals surface area contributed by atoms with Crippen molar-refractivity contribution in [2.45, 2.75) is 118 Å². The van der Waals surface area contributed by atoms with Crippen LogP contribution in [0.5, 0.6) is 0 Å². The summed E-state index contributed by atoms with van der Waals surface area (Å²) in [6.07, 6.45) is -0.524. The summed E-state index contributed by atoms with van der Waals surface area (Å²) in [6, 6.07) is -1.31. The number of carboxylic acids is 1. The molecule has 0 saturated heterocycles. The van der Waals surface area contributed by atoms with Crippen LogP contribution in [0.3, 0.4) is 0 Å². The molecule has 0 aliphatic heterocycles. The Hall–Kier alpha value is -3.83. The van der Waals surface area contributed by atoms with E-state index in [1.807, 2.05) is 0 Å². The molecule has 0 heterocycles. The summed E-state index contributed by atoms with van der Waals surface area (Å²) >= 11 is 0. The van der Waals surface area contributed by atoms with Gasteiger partial charge in [-0.25, -0.2) is 0 Å². The van der Waals surface area contributed by atoms with E-state index < -0.39 is 83.1 Å². The fourth-order valence-corrected chi connectivity index (χ4v) is 4.46. The molecule has 0 aromatic heterocycles. The first-order chi connectivity index (χ1) is 23.5. The predicted molar refractivity (Wildman–Crippen MR) is 189 cm³/mol. The molecule has 2 N–H and O–H groups in total. The third kappa shape index (κ3) is 25.2. The van der Waals surface area contributed by atoms with Crippen molar-refractivity contribution in [2.75, 3.05) is 66.0 Å². The molecule has 52 heavy (non-hydrogen) atoms. The summed E-state index contributed by atoms with van der Waals surface area (Å²) in [6.45, 7) is 18.0. The molecule has 17 nitrogen and oxygen atoms in total. The van der Waals surface area contributed by atoms with Gasteiger partial charge in [0.25, 0.3) is 0 Å². The second kappa shape index (κ2) is 21.0. The molecule has 0 radical (unpaired) electrons. The van der Waals surface area contributed by atoms with Crippen LogP contribution in [0.4, 0.5) is 0 Å². The van der Waals surface area contributed by atoms with Gasteiger partial charge in [0.15, 0.2) is 0 Å². The third-order valence-electron chi connectivity index (χ3n) is 6.24. The molecule has 0 aliphatic rings. The maximum atomic E-state index is 13.7. The van der Waals surface area contributed by atoms with Crippen LogP contribution in [0.25, 0.3) is 0 Å². The SMILES string of the molecule is COC(=O)CN(CCN(CCN(CC(=O)OC(C)(C)C)CC(=O)OC(C)(C)C)[C@@H](CC(=O)NCC(=O)O)C(=O)OC(C)(C)C)CC(=O)OC(C)(C)C. The molecule has 0 aliphatic carbocycles. The van der Waals surface area contributed by atoms with Crippen LogP contribution in [0.2, 0.25) is 0 Å². The van der Waals surface area contributed by atoms with Gasteiger partial charge in [0.2, 0.25) is 5.91 Å². The molecule has 0 aromatic rings. The zero-order valence-corrected chi connectivity index (χ0v) is 33.3. The zero-order valence-electron chi connectivity index (χ0n) is 33.3. The summed E-state index contributed by atoms with van der Waals surface area (Å²) in [5.41, 5.74) is -3.42. The van der Waals surface area contributed by atoms with Crippen molar-refractivity contribution in [3.8, 4) is 0 Å². The van der Waals surface area contributed by atoms with Crippen LogP contribution in [0.15, 0.2) is 0 Å². The van der Waals surface area contributed by atoms with Gasteiger partial charge in [0.05, 0.1) is 39.7 Å². The van der Waals surface area contributed by atoms with E-state index >= 15 is 0 Å². The van der Waals surface area contributed by atoms with E-state index in [1.165, 1.54) is 16.9 Å². The summed E-state index contributed by atoms with van der Waals surface area (Å²) in [4.78, 5) is 93.2. The van der Waals surface area contributed by atoms with Crippen LogP contribution in [-0.2, 0) is 57.2 Å². The lowest BCUT2D eigenvalue weighted by Crippen LogP contribution is -2.53. The topological polar surface area (TPSA) is 208 Å². The van der Waals surface area contributed by atoms with Crippen molar-refractivity contribution in [3.63, 3.8) is 0 Å². The number of esters is 5. The number of carboxylic acid groups (broad SMARTS) is 1. The van der Waals surface area contributed by atoms with Crippen LogP contribution in [0.1, 0.15) is 89.5 Å². The quantitative estimate of drug-likeness (QED) is 0.133. The number of nitrogens with zero attached hydrogens (tertiary/aromatic N) is 3. The van der Waals surface area contributed by atoms with Gasteiger partial charge < -0.3 is 34.1 Å². The monoisotopic (exact) mass is 746 g/mol. The Morgan fingerprint density at radius 2 is 0.904 bits per heavy atom. The van der Waals surface area contributed by atoms with Gasteiger partial charge in [0.1, 0.15) is 35.0 Å². The highest BCUT2D eigenvalue weighted by Gasteiger charge is 2.34. The minimum atomic E-state index is -1.31. The zero-order chi connectivity index (χ0) is 40.7. The van der Waals surface area contributed by atoms with E-state index in [0.717, 1.165) is 0 Å². The van der Waals surface area contributed by atoms with Gasteiger partial charge in [-0.1, -0.05) is 0 Å². The van der Waals surface area contributed by atoms with E-state index in [4.69, 9.17) is 28.8 Å². The number of nitrogens with one attached hydrogen (secondary N) is 1. The van der Waals surface area contributed by atoms with E-state index in [0.29, 0.717) is 0 Å². The largest absolute Gasteiger partial charge is 0.480 e. The molecular weight excluding hydrogens is 684 g/mol. The fourth-order valence-electron chi connectivity index (χ4n) is 4.46. The Balaban J connectivity index is 6.80. The summed E-state index contributed by atoms with van der Waals surface area (Å²) in [7, 11) is 1.19. The number of hydrogen-bond donors (Lipinski definition) is 2. The van der Waals surface area contributed by atoms with Gasteiger partial charge in [-0.2, -0.15) is 0 Å². The number of ether oxygens (including phenoxy) is 5. The van der Waals surface area contributed by atoms with Crippen LogP contribution in [-0.4, -0.2) is 156 Å². The molecule has 0 rings (SSSR count). The van der Waals surface area contributed by atoms with Gasteiger partial charge in [-0.05, 0) is 83.1 Å². The number of amides is 1. The number of methoxy groups -OCH3 is 1. The first kappa shape index (κ1) is 48.2. The first-order valence-corrected chi connectivity index (χ1v) is 17.1. The molecule has 0 fully saturated rings. The van der Waals surface area contributed by atoms with Crippen molar-refractivity contribution in [3.05, 3.63) is 0 Å². The average Bonchev–Trinajstić information content (AvgIpc) is 2.90. The van der Waals surface area contributed by atoms with Gasteiger partial charge in [-0.15, -0.1) is 0 Å². The van der Waals surface area contributed by atoms with Crippen LogP contribution < -0.4 is 5.32 Å². The Labute approximate surface area is 307 Å². The lowest BCUT2D eigenvalue weighted by atomic mass is 10.1. The van der Waals surface area contributed by atoms with Gasteiger partial charge in [0, 0.05) is 26.2 Å².